The van der Waals surface area contributed by atoms with Crippen LogP contribution in [0.2, 0.25) is 5.02 Å². The third-order valence-corrected chi connectivity index (χ3v) is 6.06. The van der Waals surface area contributed by atoms with Gasteiger partial charge in [-0.1, -0.05) is 41.9 Å². The van der Waals surface area contributed by atoms with Gasteiger partial charge in [-0.3, -0.25) is 0 Å². The molecule has 0 aliphatic carbocycles. The molecular weight excluding hydrogens is 358 g/mol. The number of anilines is 1. The predicted octanol–water partition coefficient (Wildman–Crippen LogP) is 5.10. The van der Waals surface area contributed by atoms with Crippen molar-refractivity contribution in [1.82, 2.24) is 9.80 Å². The highest BCUT2D eigenvalue weighted by atomic mass is 35.5. The second kappa shape index (κ2) is 8.32. The quantitative estimate of drug-likeness (QED) is 0.800. The lowest BCUT2D eigenvalue weighted by Crippen LogP contribution is -2.47. The van der Waals surface area contributed by atoms with Crippen molar-refractivity contribution in [3.05, 3.63) is 53.6 Å². The number of likely N-dealkylation sites (tertiary alicyclic amines) is 2. The molecule has 2 saturated heterocycles. The summed E-state index contributed by atoms with van der Waals surface area (Å²) in [6.07, 6.45) is 4.81. The SMILES string of the molecule is O=C(Nc1ccc(-c2ccccc2Cl)cc1)N1CCC(N2CCCC2)CC1. The van der Waals surface area contributed by atoms with E-state index < -0.39 is 0 Å². The van der Waals surface area contributed by atoms with Gasteiger partial charge in [0.05, 0.1) is 0 Å². The minimum atomic E-state index is 0.000338. The largest absolute Gasteiger partial charge is 0.324 e. The maximum absolute atomic E-state index is 12.6. The van der Waals surface area contributed by atoms with Crippen LogP contribution in [0.25, 0.3) is 11.1 Å². The van der Waals surface area contributed by atoms with E-state index >= 15 is 0 Å². The summed E-state index contributed by atoms with van der Waals surface area (Å²) in [6.45, 7) is 4.14. The van der Waals surface area contributed by atoms with Crippen molar-refractivity contribution >= 4 is 23.3 Å². The Morgan fingerprint density at radius 1 is 0.926 bits per heavy atom. The summed E-state index contributed by atoms with van der Waals surface area (Å²) in [5.41, 5.74) is 2.86. The van der Waals surface area contributed by atoms with Gasteiger partial charge in [-0.25, -0.2) is 4.79 Å². The van der Waals surface area contributed by atoms with E-state index in [-0.39, 0.29) is 6.03 Å². The molecule has 2 aliphatic heterocycles. The molecule has 27 heavy (non-hydrogen) atoms. The molecule has 1 N–H and O–H groups in total. The third-order valence-electron chi connectivity index (χ3n) is 5.73. The maximum Gasteiger partial charge on any atom is 0.321 e. The predicted molar refractivity (Wildman–Crippen MR) is 111 cm³/mol. The van der Waals surface area contributed by atoms with Gasteiger partial charge in [0.1, 0.15) is 0 Å². The van der Waals surface area contributed by atoms with Crippen LogP contribution in [0.15, 0.2) is 48.5 Å². The second-order valence-corrected chi connectivity index (χ2v) is 7.86. The van der Waals surface area contributed by atoms with E-state index in [0.29, 0.717) is 6.04 Å². The van der Waals surface area contributed by atoms with Gasteiger partial charge in [-0.2, -0.15) is 0 Å². The minimum absolute atomic E-state index is 0.000338. The molecule has 2 aliphatic rings. The third kappa shape index (κ3) is 4.28. The average molecular weight is 384 g/mol. The first-order chi connectivity index (χ1) is 13.2. The lowest BCUT2D eigenvalue weighted by Gasteiger charge is -2.36. The Balaban J connectivity index is 1.33. The summed E-state index contributed by atoms with van der Waals surface area (Å²) in [7, 11) is 0. The maximum atomic E-state index is 12.6. The molecule has 2 amide bonds. The zero-order chi connectivity index (χ0) is 18.6. The fraction of sp³-hybridized carbons (Fsp3) is 0.409. The number of nitrogens with one attached hydrogen (secondary N) is 1. The Kier molecular flexibility index (Phi) is 5.65. The highest BCUT2D eigenvalue weighted by Crippen LogP contribution is 2.28. The van der Waals surface area contributed by atoms with Crippen molar-refractivity contribution in [2.75, 3.05) is 31.5 Å². The first-order valence-electron chi connectivity index (χ1n) is 9.86. The monoisotopic (exact) mass is 383 g/mol. The Morgan fingerprint density at radius 3 is 2.26 bits per heavy atom. The number of urea groups is 1. The highest BCUT2D eigenvalue weighted by Gasteiger charge is 2.28. The van der Waals surface area contributed by atoms with Gasteiger partial charge in [0, 0.05) is 35.4 Å². The van der Waals surface area contributed by atoms with E-state index in [9.17, 15) is 4.79 Å². The van der Waals surface area contributed by atoms with Crippen LogP contribution in [0, 0.1) is 0 Å². The number of hydrogen-bond acceptors (Lipinski definition) is 2. The molecule has 0 aromatic heterocycles. The van der Waals surface area contributed by atoms with Crippen LogP contribution in [0.1, 0.15) is 25.7 Å². The Morgan fingerprint density at radius 2 is 1.59 bits per heavy atom. The van der Waals surface area contributed by atoms with E-state index in [4.69, 9.17) is 11.6 Å². The van der Waals surface area contributed by atoms with Crippen molar-refractivity contribution in [2.45, 2.75) is 31.7 Å². The average Bonchev–Trinajstić information content (AvgIpc) is 3.24. The molecular formula is C22H26ClN3O. The van der Waals surface area contributed by atoms with E-state index in [1.807, 2.05) is 53.4 Å². The van der Waals surface area contributed by atoms with E-state index in [1.165, 1.54) is 25.9 Å². The number of rotatable bonds is 3. The topological polar surface area (TPSA) is 35.6 Å². The Bertz CT molecular complexity index is 778. The summed E-state index contributed by atoms with van der Waals surface area (Å²) >= 11 is 6.26. The van der Waals surface area contributed by atoms with Crippen LogP contribution in [0.5, 0.6) is 0 Å². The Hall–Kier alpha value is -2.04. The van der Waals surface area contributed by atoms with E-state index in [0.717, 1.165) is 47.8 Å². The van der Waals surface area contributed by atoms with Gasteiger partial charge in [0.25, 0.3) is 0 Å². The number of amides is 2. The summed E-state index contributed by atoms with van der Waals surface area (Å²) in [5, 5.41) is 3.76. The number of hydrogen-bond donors (Lipinski definition) is 1. The minimum Gasteiger partial charge on any atom is -0.324 e. The summed E-state index contributed by atoms with van der Waals surface area (Å²) in [4.78, 5) is 17.1. The fourth-order valence-electron chi connectivity index (χ4n) is 4.17. The van der Waals surface area contributed by atoms with Crippen molar-refractivity contribution in [3.63, 3.8) is 0 Å². The van der Waals surface area contributed by atoms with E-state index in [1.54, 1.807) is 0 Å². The number of carbonyl (C=O) groups excluding carboxylic acids is 1. The smallest absolute Gasteiger partial charge is 0.321 e. The lowest BCUT2D eigenvalue weighted by molar-refractivity contribution is 0.140. The number of piperidine rings is 1. The first-order valence-corrected chi connectivity index (χ1v) is 10.2. The lowest BCUT2D eigenvalue weighted by atomic mass is 10.0. The zero-order valence-electron chi connectivity index (χ0n) is 15.5. The number of halogens is 1. The molecule has 0 bridgehead atoms. The molecule has 4 nitrogen and oxygen atoms in total. The van der Waals surface area contributed by atoms with Gasteiger partial charge < -0.3 is 15.1 Å². The van der Waals surface area contributed by atoms with Crippen LogP contribution < -0.4 is 5.32 Å². The first kappa shape index (κ1) is 18.3. The molecule has 2 aromatic rings. The van der Waals surface area contributed by atoms with Crippen molar-refractivity contribution in [1.29, 1.82) is 0 Å². The molecule has 0 radical (unpaired) electrons. The Labute approximate surface area is 166 Å². The summed E-state index contributed by atoms with van der Waals surface area (Å²) in [6, 6.07) is 16.3. The van der Waals surface area contributed by atoms with Crippen molar-refractivity contribution in [2.24, 2.45) is 0 Å². The second-order valence-electron chi connectivity index (χ2n) is 7.45. The molecule has 0 unspecified atom stereocenters. The van der Waals surface area contributed by atoms with Crippen LogP contribution in [-0.2, 0) is 0 Å². The van der Waals surface area contributed by atoms with Crippen LogP contribution >= 0.6 is 11.6 Å². The van der Waals surface area contributed by atoms with Crippen LogP contribution in [0.3, 0.4) is 0 Å². The normalized spacial score (nSPS) is 18.6. The zero-order valence-corrected chi connectivity index (χ0v) is 16.3. The molecule has 0 atom stereocenters. The number of carbonyl (C=O) groups is 1. The summed E-state index contributed by atoms with van der Waals surface area (Å²) < 4.78 is 0. The molecule has 4 rings (SSSR count). The van der Waals surface area contributed by atoms with Crippen molar-refractivity contribution < 1.29 is 4.79 Å². The van der Waals surface area contributed by atoms with Gasteiger partial charge in [0.15, 0.2) is 0 Å². The van der Waals surface area contributed by atoms with Crippen molar-refractivity contribution in [3.8, 4) is 11.1 Å². The van der Waals surface area contributed by atoms with E-state index in [2.05, 4.69) is 10.2 Å². The number of benzene rings is 2. The molecule has 0 saturated carbocycles. The van der Waals surface area contributed by atoms with Gasteiger partial charge in [-0.05, 0) is 62.5 Å². The molecule has 5 heteroatoms. The molecule has 2 aromatic carbocycles. The number of nitrogens with zero attached hydrogens (tertiary/aromatic N) is 2. The molecule has 0 spiro atoms. The van der Waals surface area contributed by atoms with Gasteiger partial charge >= 0.3 is 6.03 Å². The molecule has 142 valence electrons. The fourth-order valence-corrected chi connectivity index (χ4v) is 4.42. The standard InChI is InChI=1S/C22H26ClN3O/c23-21-6-2-1-5-20(21)17-7-9-18(10-8-17)24-22(27)26-15-11-19(12-16-26)25-13-3-4-14-25/h1-2,5-10,19H,3-4,11-16H2,(H,24,27). The van der Waals surface area contributed by atoms with Crippen LogP contribution in [-0.4, -0.2) is 48.1 Å². The molecule has 2 fully saturated rings. The summed E-state index contributed by atoms with van der Waals surface area (Å²) in [5.74, 6) is 0. The van der Waals surface area contributed by atoms with Gasteiger partial charge in [0.2, 0.25) is 0 Å². The van der Waals surface area contributed by atoms with Gasteiger partial charge in [-0.15, -0.1) is 0 Å². The molecule has 2 heterocycles. The van der Waals surface area contributed by atoms with Crippen LogP contribution in [0.4, 0.5) is 10.5 Å². The highest BCUT2D eigenvalue weighted by molar-refractivity contribution is 6.33.